The Morgan fingerprint density at radius 2 is 1.97 bits per heavy atom. The maximum atomic E-state index is 12.7. The van der Waals surface area contributed by atoms with E-state index in [-0.39, 0.29) is 23.9 Å². The lowest BCUT2D eigenvalue weighted by Gasteiger charge is -2.34. The summed E-state index contributed by atoms with van der Waals surface area (Å²) in [5, 5.41) is 14.2. The highest BCUT2D eigenvalue weighted by atomic mass is 16.5. The Morgan fingerprint density at radius 1 is 1.23 bits per heavy atom. The minimum absolute atomic E-state index is 0.134. The molecule has 3 heterocycles. The molecule has 2 saturated heterocycles. The first kappa shape index (κ1) is 23.6. The fraction of sp³-hybridized carbons (Fsp3) is 0.360. The summed E-state index contributed by atoms with van der Waals surface area (Å²) in [5.74, 6) is 1.06. The Hall–Kier alpha value is -3.15. The van der Waals surface area contributed by atoms with Gasteiger partial charge in [0.2, 0.25) is 5.91 Å². The Balaban J connectivity index is 1.25. The van der Waals surface area contributed by atoms with Gasteiger partial charge in [0.25, 0.3) is 0 Å². The van der Waals surface area contributed by atoms with E-state index < -0.39 is 11.3 Å². The molecular weight excluding hydrogens is 437 g/mol. The van der Waals surface area contributed by atoms with Gasteiger partial charge in [0.15, 0.2) is 11.6 Å². The minimum atomic E-state index is -1.65. The molecule has 3 aliphatic heterocycles. The predicted molar refractivity (Wildman–Crippen MR) is 135 cm³/mol. The second-order valence-corrected chi connectivity index (χ2v) is 9.35. The highest BCUT2D eigenvalue weighted by molar-refractivity contribution is 6.61. The Labute approximate surface area is 209 Å². The lowest BCUT2D eigenvalue weighted by molar-refractivity contribution is -0.123. The molecule has 1 amide bonds. The van der Waals surface area contributed by atoms with Gasteiger partial charge in [-0.25, -0.2) is 0 Å². The summed E-state index contributed by atoms with van der Waals surface area (Å²) >= 11 is 0. The summed E-state index contributed by atoms with van der Waals surface area (Å²) in [5.41, 5.74) is 3.43. The van der Waals surface area contributed by atoms with Crippen molar-refractivity contribution in [2.24, 2.45) is 5.92 Å². The van der Waals surface area contributed by atoms with Crippen LogP contribution in [0.2, 0.25) is 0 Å². The molecule has 2 aromatic carbocycles. The molecule has 0 bridgehead atoms. The number of anilines is 1. The number of hydrogen-bond acceptors (Lipinski definition) is 6. The van der Waals surface area contributed by atoms with Gasteiger partial charge in [-0.2, -0.15) is 5.26 Å². The number of nitriles is 1. The first-order valence-corrected chi connectivity index (χ1v) is 11.5. The summed E-state index contributed by atoms with van der Waals surface area (Å²) in [6, 6.07) is 15.0. The van der Waals surface area contributed by atoms with Crippen LogP contribution >= 0.6 is 0 Å². The van der Waals surface area contributed by atoms with E-state index in [4.69, 9.17) is 33.0 Å². The van der Waals surface area contributed by atoms with Gasteiger partial charge in [0.1, 0.15) is 6.04 Å². The van der Waals surface area contributed by atoms with E-state index in [9.17, 15) is 10.1 Å². The fourth-order valence-corrected chi connectivity index (χ4v) is 4.99. The van der Waals surface area contributed by atoms with Crippen molar-refractivity contribution in [1.29, 1.82) is 5.26 Å². The first-order chi connectivity index (χ1) is 16.7. The normalized spacial score (nSPS) is 23.8. The Morgan fingerprint density at radius 3 is 2.66 bits per heavy atom. The molecule has 10 heteroatoms. The molecule has 0 aromatic heterocycles. The number of rotatable bonds is 6. The van der Waals surface area contributed by atoms with Gasteiger partial charge in [0.05, 0.1) is 54.6 Å². The summed E-state index contributed by atoms with van der Waals surface area (Å²) in [6.07, 6.45) is 1.15. The van der Waals surface area contributed by atoms with E-state index >= 15 is 0 Å². The number of hydrogen-bond donors (Lipinski definition) is 2. The van der Waals surface area contributed by atoms with Gasteiger partial charge < -0.3 is 25.0 Å². The third kappa shape index (κ3) is 4.71. The molecule has 4 atom stereocenters. The molecule has 2 aromatic rings. The maximum Gasteiger partial charge on any atom is 0.238 e. The van der Waals surface area contributed by atoms with E-state index in [1.54, 1.807) is 0 Å². The van der Waals surface area contributed by atoms with Gasteiger partial charge in [0, 0.05) is 18.4 Å². The number of carbonyl (C=O) groups excluding carboxylic acids is 1. The number of nitrogens with one attached hydrogen (secondary N) is 2. The van der Waals surface area contributed by atoms with Crippen LogP contribution < -0.4 is 20.3 Å². The Bertz CT molecular complexity index is 1180. The van der Waals surface area contributed by atoms with Crippen LogP contribution in [0.3, 0.4) is 0 Å². The van der Waals surface area contributed by atoms with E-state index in [0.29, 0.717) is 37.0 Å². The molecule has 2 fully saturated rings. The number of fused-ring (bicyclic) bond motifs is 2. The SMILES string of the molecule is [B]C([B])([B])N1C(=C)Oc2ccc(-c3ccc(C[C@@H](C#N)NC(=O)[C@@H]4C[C@@H]5COC[C@@H]5N4)cc3)cc21. The molecule has 0 unspecified atom stereocenters. The average molecular weight is 460 g/mol. The molecule has 6 radical (unpaired) electrons. The van der Waals surface area contributed by atoms with Crippen molar-refractivity contribution in [3.05, 3.63) is 60.5 Å². The number of amides is 1. The van der Waals surface area contributed by atoms with E-state index in [1.807, 2.05) is 42.5 Å². The number of ether oxygens (including phenoxy) is 2. The smallest absolute Gasteiger partial charge is 0.238 e. The summed E-state index contributed by atoms with van der Waals surface area (Å²) in [7, 11) is 17.7. The van der Waals surface area contributed by atoms with Crippen molar-refractivity contribution >= 4 is 35.1 Å². The highest BCUT2D eigenvalue weighted by Gasteiger charge is 2.41. The lowest BCUT2D eigenvalue weighted by Crippen LogP contribution is -2.49. The van der Waals surface area contributed by atoms with Crippen LogP contribution in [0.5, 0.6) is 5.75 Å². The standard InChI is InChI=1S/C25H23B3N4O3/c1-14-32(25(26,27)28)22-10-17(6-7-23(22)35-14)16-4-2-15(3-5-16)8-19(11-29)30-24(33)20-9-18-12-34-13-21(18)31-20/h2-7,10,18-21,31H,1,8-9,12-13H2,(H,30,33)/t18-,19+,20+,21+/m1/s1. The molecule has 5 rings (SSSR count). The van der Waals surface area contributed by atoms with Gasteiger partial charge in [-0.3, -0.25) is 4.79 Å². The van der Waals surface area contributed by atoms with E-state index in [2.05, 4.69) is 23.3 Å². The van der Waals surface area contributed by atoms with Crippen molar-refractivity contribution in [1.82, 2.24) is 10.6 Å². The van der Waals surface area contributed by atoms with Crippen LogP contribution in [0.15, 0.2) is 54.9 Å². The zero-order valence-corrected chi connectivity index (χ0v) is 19.2. The van der Waals surface area contributed by atoms with Crippen LogP contribution in [0.4, 0.5) is 5.69 Å². The van der Waals surface area contributed by atoms with Gasteiger partial charge in [-0.15, -0.1) is 0 Å². The predicted octanol–water partition coefficient (Wildman–Crippen LogP) is 1.07. The summed E-state index contributed by atoms with van der Waals surface area (Å²) in [6.45, 7) is 5.15. The number of nitrogens with zero attached hydrogens (tertiary/aromatic N) is 2. The Kier molecular flexibility index (Phi) is 6.16. The molecule has 0 spiro atoms. The fourth-order valence-electron chi connectivity index (χ4n) is 4.99. The van der Waals surface area contributed by atoms with Crippen molar-refractivity contribution in [3.8, 4) is 22.9 Å². The zero-order valence-electron chi connectivity index (χ0n) is 19.2. The highest BCUT2D eigenvalue weighted by Crippen LogP contribution is 2.43. The molecule has 2 N–H and O–H groups in total. The second-order valence-electron chi connectivity index (χ2n) is 9.35. The largest absolute Gasteiger partial charge is 0.439 e. The van der Waals surface area contributed by atoms with Crippen LogP contribution in [0.1, 0.15) is 12.0 Å². The first-order valence-electron chi connectivity index (χ1n) is 11.5. The van der Waals surface area contributed by atoms with Gasteiger partial charge in [-0.05, 0) is 41.8 Å². The molecule has 0 saturated carbocycles. The van der Waals surface area contributed by atoms with Crippen LogP contribution in [-0.4, -0.2) is 66.0 Å². The summed E-state index contributed by atoms with van der Waals surface area (Å²) < 4.78 is 11.1. The molecule has 170 valence electrons. The third-order valence-corrected chi connectivity index (χ3v) is 6.73. The molecule has 35 heavy (non-hydrogen) atoms. The molecule has 3 aliphatic rings. The van der Waals surface area contributed by atoms with Crippen molar-refractivity contribution in [2.75, 3.05) is 18.1 Å². The summed E-state index contributed by atoms with van der Waals surface area (Å²) in [4.78, 5) is 14.1. The molecule has 7 nitrogen and oxygen atoms in total. The van der Waals surface area contributed by atoms with E-state index in [0.717, 1.165) is 23.1 Å². The van der Waals surface area contributed by atoms with E-state index in [1.165, 1.54) is 4.90 Å². The monoisotopic (exact) mass is 460 g/mol. The number of benzene rings is 2. The topological polar surface area (TPSA) is 86.6 Å². The van der Waals surface area contributed by atoms with Crippen LogP contribution in [0, 0.1) is 17.2 Å². The van der Waals surface area contributed by atoms with Crippen molar-refractivity contribution < 1.29 is 14.3 Å². The van der Waals surface area contributed by atoms with Crippen LogP contribution in [-0.2, 0) is 16.0 Å². The zero-order chi connectivity index (χ0) is 24.7. The van der Waals surface area contributed by atoms with Gasteiger partial charge >= 0.3 is 0 Å². The molecular formula is C25H23B3N4O3. The number of carbonyl (C=O) groups is 1. The van der Waals surface area contributed by atoms with Gasteiger partial charge in [-0.1, -0.05) is 35.6 Å². The maximum absolute atomic E-state index is 12.7. The van der Waals surface area contributed by atoms with Crippen molar-refractivity contribution in [2.45, 2.75) is 36.2 Å². The minimum Gasteiger partial charge on any atom is -0.439 e. The second kappa shape index (κ2) is 9.14. The van der Waals surface area contributed by atoms with Crippen molar-refractivity contribution in [3.63, 3.8) is 0 Å². The quantitative estimate of drug-likeness (QED) is 0.628. The lowest BCUT2D eigenvalue weighted by atomic mass is 9.48. The van der Waals surface area contributed by atoms with Crippen LogP contribution in [0.25, 0.3) is 11.1 Å². The third-order valence-electron chi connectivity index (χ3n) is 6.73. The molecule has 0 aliphatic carbocycles. The average Bonchev–Trinajstić information content (AvgIpc) is 3.50.